The Labute approximate surface area is 167 Å². The van der Waals surface area contributed by atoms with Gasteiger partial charge in [-0.05, 0) is 44.7 Å². The molecule has 0 aliphatic heterocycles. The number of nitrogens with zero attached hydrogens (tertiary/aromatic N) is 6. The summed E-state index contributed by atoms with van der Waals surface area (Å²) in [5.74, 6) is 3.62. The predicted molar refractivity (Wildman–Crippen MR) is 109 cm³/mol. The van der Waals surface area contributed by atoms with Gasteiger partial charge in [0.25, 0.3) is 0 Å². The van der Waals surface area contributed by atoms with Crippen molar-refractivity contribution in [1.29, 1.82) is 0 Å². The molecule has 8 nitrogen and oxygen atoms in total. The van der Waals surface area contributed by atoms with Crippen molar-refractivity contribution in [3.8, 4) is 0 Å². The fourth-order valence-corrected chi connectivity index (χ4v) is 4.00. The van der Waals surface area contributed by atoms with Crippen molar-refractivity contribution in [3.05, 3.63) is 41.5 Å². The van der Waals surface area contributed by atoms with Crippen molar-refractivity contribution in [3.63, 3.8) is 0 Å². The van der Waals surface area contributed by atoms with Crippen molar-refractivity contribution >= 4 is 29.3 Å². The van der Waals surface area contributed by atoms with Crippen LogP contribution in [0.4, 0.5) is 17.6 Å². The summed E-state index contributed by atoms with van der Waals surface area (Å²) in [6.45, 7) is 2.05. The number of benzene rings is 1. The van der Waals surface area contributed by atoms with E-state index in [1.165, 1.54) is 31.2 Å². The number of rotatable bonds is 7. The van der Waals surface area contributed by atoms with Crippen LogP contribution in [0.5, 0.6) is 0 Å². The highest BCUT2D eigenvalue weighted by Gasteiger charge is 2.36. The summed E-state index contributed by atoms with van der Waals surface area (Å²) in [5, 5.41) is 13.0. The van der Waals surface area contributed by atoms with Crippen LogP contribution in [0.1, 0.15) is 54.9 Å². The zero-order valence-corrected chi connectivity index (χ0v) is 16.5. The van der Waals surface area contributed by atoms with Crippen LogP contribution in [-0.4, -0.2) is 29.7 Å². The Hall–Kier alpha value is -2.68. The third kappa shape index (κ3) is 3.80. The number of anilines is 3. The molecule has 9 heteroatoms. The molecular weight excluding hydrogens is 372 g/mol. The molecule has 0 bridgehead atoms. The SMILES string of the molecule is Cc1ccc(Nc2nc(N)nc(CSc3nnc(C4CC4)n3C3CC3)n2)cc1. The minimum atomic E-state index is 0.211. The first-order valence-electron chi connectivity index (χ1n) is 9.57. The summed E-state index contributed by atoms with van der Waals surface area (Å²) in [6.07, 6.45) is 4.89. The van der Waals surface area contributed by atoms with Gasteiger partial charge >= 0.3 is 0 Å². The standard InChI is InChI=1S/C19H22N8S/c1-11-2-6-13(7-3-11)21-18-23-15(22-17(20)24-18)10-28-19-26-25-16(12-4-5-12)27(19)14-8-9-14/h2-3,6-7,12,14H,4-5,8-10H2,1H3,(H3,20,21,22,23,24). The van der Waals surface area contributed by atoms with E-state index in [0.717, 1.165) is 16.7 Å². The van der Waals surface area contributed by atoms with E-state index in [2.05, 4.69) is 42.0 Å². The fraction of sp³-hybridized carbons (Fsp3) is 0.421. The molecule has 1 aromatic carbocycles. The molecule has 0 atom stereocenters. The number of nitrogen functional groups attached to an aromatic ring is 1. The molecule has 2 aliphatic rings. The molecule has 2 saturated carbocycles. The number of nitrogens with one attached hydrogen (secondary N) is 1. The molecule has 0 spiro atoms. The molecule has 5 rings (SSSR count). The van der Waals surface area contributed by atoms with Crippen LogP contribution in [0.25, 0.3) is 0 Å². The van der Waals surface area contributed by atoms with Gasteiger partial charge in [-0.1, -0.05) is 29.5 Å². The van der Waals surface area contributed by atoms with E-state index in [0.29, 0.717) is 29.5 Å². The van der Waals surface area contributed by atoms with Crippen LogP contribution in [0.15, 0.2) is 29.4 Å². The zero-order chi connectivity index (χ0) is 19.1. The van der Waals surface area contributed by atoms with Crippen molar-refractivity contribution < 1.29 is 0 Å². The second kappa shape index (κ2) is 7.05. The first kappa shape index (κ1) is 17.4. The number of nitrogens with two attached hydrogens (primary N) is 1. The van der Waals surface area contributed by atoms with E-state index >= 15 is 0 Å². The van der Waals surface area contributed by atoms with Gasteiger partial charge in [-0.3, -0.25) is 0 Å². The average Bonchev–Trinajstić information content (AvgIpc) is 3.60. The van der Waals surface area contributed by atoms with E-state index in [1.54, 1.807) is 11.8 Å². The minimum Gasteiger partial charge on any atom is -0.368 e. The third-order valence-electron chi connectivity index (χ3n) is 4.88. The number of hydrogen-bond donors (Lipinski definition) is 2. The summed E-state index contributed by atoms with van der Waals surface area (Å²) in [4.78, 5) is 13.0. The van der Waals surface area contributed by atoms with E-state index in [9.17, 15) is 0 Å². The molecule has 2 aliphatic carbocycles. The quantitative estimate of drug-likeness (QED) is 0.585. The highest BCUT2D eigenvalue weighted by Crippen LogP contribution is 2.46. The Morgan fingerprint density at radius 3 is 2.57 bits per heavy atom. The summed E-state index contributed by atoms with van der Waals surface area (Å²) in [5.41, 5.74) is 8.01. The van der Waals surface area contributed by atoms with Crippen molar-refractivity contribution in [2.75, 3.05) is 11.1 Å². The van der Waals surface area contributed by atoms with E-state index in [-0.39, 0.29) is 5.95 Å². The summed E-state index contributed by atoms with van der Waals surface area (Å²) >= 11 is 1.61. The molecule has 0 amide bonds. The average molecular weight is 395 g/mol. The fourth-order valence-electron chi connectivity index (χ4n) is 3.14. The van der Waals surface area contributed by atoms with E-state index in [1.807, 2.05) is 24.3 Å². The van der Waals surface area contributed by atoms with Gasteiger partial charge < -0.3 is 15.6 Å². The van der Waals surface area contributed by atoms with Gasteiger partial charge in [-0.15, -0.1) is 10.2 Å². The molecule has 0 unspecified atom stereocenters. The molecule has 3 N–H and O–H groups in total. The molecule has 0 radical (unpaired) electrons. The second-order valence-corrected chi connectivity index (χ2v) is 8.37. The van der Waals surface area contributed by atoms with Crippen LogP contribution >= 0.6 is 11.8 Å². The van der Waals surface area contributed by atoms with Crippen LogP contribution in [0.3, 0.4) is 0 Å². The van der Waals surface area contributed by atoms with Gasteiger partial charge in [0.15, 0.2) is 5.16 Å². The Bertz CT molecular complexity index is 992. The monoisotopic (exact) mass is 394 g/mol. The lowest BCUT2D eigenvalue weighted by Gasteiger charge is -2.09. The number of thioether (sulfide) groups is 1. The first-order valence-corrected chi connectivity index (χ1v) is 10.6. The normalized spacial score (nSPS) is 16.3. The molecule has 2 heterocycles. The summed E-state index contributed by atoms with van der Waals surface area (Å²) < 4.78 is 2.33. The zero-order valence-electron chi connectivity index (χ0n) is 15.7. The molecular formula is C19H22N8S. The molecule has 3 aromatic rings. The highest BCUT2D eigenvalue weighted by molar-refractivity contribution is 7.98. The maximum absolute atomic E-state index is 5.90. The molecule has 2 fully saturated rings. The topological polar surface area (TPSA) is 107 Å². The lowest BCUT2D eigenvalue weighted by molar-refractivity contribution is 0.626. The van der Waals surface area contributed by atoms with Crippen LogP contribution in [0.2, 0.25) is 0 Å². The lowest BCUT2D eigenvalue weighted by atomic mass is 10.2. The number of hydrogen-bond acceptors (Lipinski definition) is 8. The lowest BCUT2D eigenvalue weighted by Crippen LogP contribution is -2.07. The first-order chi connectivity index (χ1) is 13.7. The highest BCUT2D eigenvalue weighted by atomic mass is 32.2. The van der Waals surface area contributed by atoms with Gasteiger partial charge in [0.05, 0.1) is 5.75 Å². The minimum absolute atomic E-state index is 0.211. The molecule has 2 aromatic heterocycles. The van der Waals surface area contributed by atoms with E-state index in [4.69, 9.17) is 5.73 Å². The van der Waals surface area contributed by atoms with Gasteiger partial charge in [-0.2, -0.15) is 15.0 Å². The maximum atomic E-state index is 5.90. The smallest absolute Gasteiger partial charge is 0.232 e. The van der Waals surface area contributed by atoms with Crippen LogP contribution in [-0.2, 0) is 5.75 Å². The second-order valence-electron chi connectivity index (χ2n) is 7.43. The van der Waals surface area contributed by atoms with Gasteiger partial charge in [0.1, 0.15) is 11.6 Å². The largest absolute Gasteiger partial charge is 0.368 e. The summed E-state index contributed by atoms with van der Waals surface area (Å²) in [7, 11) is 0. The molecule has 0 saturated heterocycles. The Kier molecular flexibility index (Phi) is 4.38. The Morgan fingerprint density at radius 2 is 1.86 bits per heavy atom. The Morgan fingerprint density at radius 1 is 1.07 bits per heavy atom. The van der Waals surface area contributed by atoms with Crippen LogP contribution in [0, 0.1) is 6.92 Å². The van der Waals surface area contributed by atoms with Gasteiger partial charge in [-0.25, -0.2) is 0 Å². The van der Waals surface area contributed by atoms with Crippen molar-refractivity contribution in [2.45, 2.75) is 55.5 Å². The van der Waals surface area contributed by atoms with Crippen molar-refractivity contribution in [2.24, 2.45) is 0 Å². The predicted octanol–water partition coefficient (Wildman–Crippen LogP) is 3.60. The maximum Gasteiger partial charge on any atom is 0.232 e. The number of aromatic nitrogens is 6. The van der Waals surface area contributed by atoms with Gasteiger partial charge in [0.2, 0.25) is 11.9 Å². The van der Waals surface area contributed by atoms with Gasteiger partial charge in [0, 0.05) is 17.6 Å². The number of aryl methyl sites for hydroxylation is 1. The van der Waals surface area contributed by atoms with Crippen LogP contribution < -0.4 is 11.1 Å². The third-order valence-corrected chi connectivity index (χ3v) is 5.82. The summed E-state index contributed by atoms with van der Waals surface area (Å²) in [6, 6.07) is 8.61. The van der Waals surface area contributed by atoms with Crippen molar-refractivity contribution in [1.82, 2.24) is 29.7 Å². The Balaban J connectivity index is 1.32. The molecule has 28 heavy (non-hydrogen) atoms. The molecule has 144 valence electrons. The van der Waals surface area contributed by atoms with E-state index < -0.39 is 0 Å².